The van der Waals surface area contributed by atoms with Gasteiger partial charge >= 0.3 is 0 Å². The number of halogens is 1. The highest BCUT2D eigenvalue weighted by Crippen LogP contribution is 2.27. The molecule has 1 fully saturated rings. The summed E-state index contributed by atoms with van der Waals surface area (Å²) in [6.45, 7) is 3.46. The number of aryl methyl sites for hydroxylation is 2. The van der Waals surface area contributed by atoms with E-state index < -0.39 is 0 Å². The predicted octanol–water partition coefficient (Wildman–Crippen LogP) is 2.77. The number of anilines is 1. The predicted molar refractivity (Wildman–Crippen MR) is 95.1 cm³/mol. The normalized spacial score (nSPS) is 19.2. The Balaban J connectivity index is 1.65. The molecule has 0 bridgehead atoms. The van der Waals surface area contributed by atoms with E-state index in [4.69, 9.17) is 0 Å². The molecule has 0 radical (unpaired) electrons. The van der Waals surface area contributed by atoms with Gasteiger partial charge in [-0.1, -0.05) is 12.5 Å². The second-order valence-corrected chi connectivity index (χ2v) is 6.61. The first kappa shape index (κ1) is 18.0. The van der Waals surface area contributed by atoms with Crippen LogP contribution in [-0.2, 0) is 4.79 Å². The lowest BCUT2D eigenvalue weighted by Crippen LogP contribution is -2.42. The summed E-state index contributed by atoms with van der Waals surface area (Å²) in [5, 5.41) is 5.62. The standard InChI is InChI=1S/C19H21FN4O2/c1-11-6-7-13(8-15(11)20)23-18(25)14-4-3-5-16(14)24-19(26)17-10-21-12(2)9-22-17/h6-10,14,16H,3-5H2,1-2H3,(H,23,25)(H,24,26)/t14-,16+/m0/s1. The molecule has 2 N–H and O–H groups in total. The molecule has 1 saturated carbocycles. The van der Waals surface area contributed by atoms with Crippen molar-refractivity contribution in [3.05, 3.63) is 53.4 Å². The van der Waals surface area contributed by atoms with Gasteiger partial charge in [0, 0.05) is 17.9 Å². The molecule has 7 heteroatoms. The second-order valence-electron chi connectivity index (χ2n) is 6.61. The van der Waals surface area contributed by atoms with Crippen molar-refractivity contribution >= 4 is 17.5 Å². The first-order valence-corrected chi connectivity index (χ1v) is 8.60. The highest BCUT2D eigenvalue weighted by Gasteiger charge is 2.34. The van der Waals surface area contributed by atoms with Crippen molar-refractivity contribution in [3.8, 4) is 0 Å². The minimum absolute atomic E-state index is 0.217. The van der Waals surface area contributed by atoms with Crippen LogP contribution in [0.15, 0.2) is 30.6 Å². The molecular weight excluding hydrogens is 335 g/mol. The van der Waals surface area contributed by atoms with Crippen molar-refractivity contribution < 1.29 is 14.0 Å². The molecule has 1 aliphatic carbocycles. The fourth-order valence-electron chi connectivity index (χ4n) is 3.10. The molecule has 0 saturated heterocycles. The maximum atomic E-state index is 13.7. The monoisotopic (exact) mass is 356 g/mol. The zero-order valence-corrected chi connectivity index (χ0v) is 14.8. The summed E-state index contributed by atoms with van der Waals surface area (Å²) < 4.78 is 13.7. The number of rotatable bonds is 4. The van der Waals surface area contributed by atoms with Crippen LogP contribution in [0.25, 0.3) is 0 Å². The molecule has 6 nitrogen and oxygen atoms in total. The van der Waals surface area contributed by atoms with Gasteiger partial charge in [0.15, 0.2) is 0 Å². The average Bonchev–Trinajstić information content (AvgIpc) is 3.07. The largest absolute Gasteiger partial charge is 0.347 e. The van der Waals surface area contributed by atoms with Crippen molar-refractivity contribution in [2.24, 2.45) is 5.92 Å². The van der Waals surface area contributed by atoms with Gasteiger partial charge < -0.3 is 10.6 Å². The third-order valence-corrected chi connectivity index (χ3v) is 4.62. The molecule has 0 aliphatic heterocycles. The van der Waals surface area contributed by atoms with Gasteiger partial charge in [-0.05, 0) is 44.4 Å². The number of hydrogen-bond acceptors (Lipinski definition) is 4. The van der Waals surface area contributed by atoms with E-state index in [0.29, 0.717) is 24.1 Å². The fraction of sp³-hybridized carbons (Fsp3) is 0.368. The molecule has 0 spiro atoms. The smallest absolute Gasteiger partial charge is 0.271 e. The van der Waals surface area contributed by atoms with E-state index in [-0.39, 0.29) is 35.3 Å². The van der Waals surface area contributed by atoms with Crippen molar-refractivity contribution in [1.82, 2.24) is 15.3 Å². The van der Waals surface area contributed by atoms with Gasteiger partial charge in [-0.3, -0.25) is 14.6 Å². The first-order chi connectivity index (χ1) is 12.4. The van der Waals surface area contributed by atoms with E-state index in [2.05, 4.69) is 20.6 Å². The maximum Gasteiger partial charge on any atom is 0.271 e. The van der Waals surface area contributed by atoms with Crippen molar-refractivity contribution in [2.75, 3.05) is 5.32 Å². The minimum atomic E-state index is -0.364. The van der Waals surface area contributed by atoms with Gasteiger partial charge in [0.05, 0.1) is 17.8 Å². The Hall–Kier alpha value is -2.83. The zero-order chi connectivity index (χ0) is 18.7. The Kier molecular flexibility index (Phi) is 5.25. The van der Waals surface area contributed by atoms with Crippen molar-refractivity contribution in [2.45, 2.75) is 39.2 Å². The lowest BCUT2D eigenvalue weighted by Gasteiger charge is -2.20. The van der Waals surface area contributed by atoms with E-state index in [9.17, 15) is 14.0 Å². The summed E-state index contributed by atoms with van der Waals surface area (Å²) in [4.78, 5) is 33.0. The van der Waals surface area contributed by atoms with E-state index in [0.717, 1.165) is 12.1 Å². The van der Waals surface area contributed by atoms with Crippen LogP contribution < -0.4 is 10.6 Å². The van der Waals surface area contributed by atoms with Crippen LogP contribution in [0.4, 0.5) is 10.1 Å². The molecule has 26 heavy (non-hydrogen) atoms. The van der Waals surface area contributed by atoms with E-state index >= 15 is 0 Å². The van der Waals surface area contributed by atoms with Crippen molar-refractivity contribution in [1.29, 1.82) is 0 Å². The number of amides is 2. The Morgan fingerprint density at radius 3 is 2.65 bits per heavy atom. The lowest BCUT2D eigenvalue weighted by molar-refractivity contribution is -0.120. The van der Waals surface area contributed by atoms with Gasteiger partial charge in [-0.2, -0.15) is 0 Å². The number of hydrogen-bond donors (Lipinski definition) is 2. The van der Waals surface area contributed by atoms with Gasteiger partial charge in [0.2, 0.25) is 5.91 Å². The van der Waals surface area contributed by atoms with Crippen LogP contribution in [0.3, 0.4) is 0 Å². The number of benzene rings is 1. The minimum Gasteiger partial charge on any atom is -0.347 e. The summed E-state index contributed by atoms with van der Waals surface area (Å²) in [5.41, 5.74) is 1.89. The number of aromatic nitrogens is 2. The Morgan fingerprint density at radius 2 is 1.96 bits per heavy atom. The summed E-state index contributed by atoms with van der Waals surface area (Å²) in [6.07, 6.45) is 5.17. The molecule has 0 unspecified atom stereocenters. The topological polar surface area (TPSA) is 84.0 Å². The second kappa shape index (κ2) is 7.59. The molecule has 3 rings (SSSR count). The molecule has 1 aromatic carbocycles. The molecular formula is C19H21FN4O2. The van der Waals surface area contributed by atoms with Gasteiger partial charge in [0.25, 0.3) is 5.91 Å². The highest BCUT2D eigenvalue weighted by molar-refractivity contribution is 5.95. The number of carbonyl (C=O) groups is 2. The van der Waals surface area contributed by atoms with Gasteiger partial charge in [0.1, 0.15) is 11.5 Å². The van der Waals surface area contributed by atoms with Crippen LogP contribution in [0.5, 0.6) is 0 Å². The summed E-state index contributed by atoms with van der Waals surface area (Å²) in [7, 11) is 0. The Bertz CT molecular complexity index is 823. The third kappa shape index (κ3) is 4.04. The summed E-state index contributed by atoms with van der Waals surface area (Å²) in [5.74, 6) is -1.28. The summed E-state index contributed by atoms with van der Waals surface area (Å²) in [6, 6.07) is 4.31. The van der Waals surface area contributed by atoms with E-state index in [1.165, 1.54) is 18.5 Å². The SMILES string of the molecule is Cc1cnc(C(=O)N[C@@H]2CCC[C@@H]2C(=O)Nc2ccc(C)c(F)c2)cn1. The zero-order valence-electron chi connectivity index (χ0n) is 14.8. The average molecular weight is 356 g/mol. The van der Waals surface area contributed by atoms with Crippen LogP contribution >= 0.6 is 0 Å². The van der Waals surface area contributed by atoms with Crippen molar-refractivity contribution in [3.63, 3.8) is 0 Å². The lowest BCUT2D eigenvalue weighted by atomic mass is 10.0. The quantitative estimate of drug-likeness (QED) is 0.882. The highest BCUT2D eigenvalue weighted by atomic mass is 19.1. The van der Waals surface area contributed by atoms with Gasteiger partial charge in [-0.15, -0.1) is 0 Å². The molecule has 136 valence electrons. The van der Waals surface area contributed by atoms with Crippen LogP contribution in [-0.4, -0.2) is 27.8 Å². The number of carbonyl (C=O) groups excluding carboxylic acids is 2. The summed E-state index contributed by atoms with van der Waals surface area (Å²) >= 11 is 0. The molecule has 2 amide bonds. The first-order valence-electron chi connectivity index (χ1n) is 8.60. The fourth-order valence-corrected chi connectivity index (χ4v) is 3.10. The molecule has 2 atom stereocenters. The third-order valence-electron chi connectivity index (χ3n) is 4.62. The Labute approximate surface area is 151 Å². The Morgan fingerprint density at radius 1 is 1.15 bits per heavy atom. The van der Waals surface area contributed by atoms with Crippen LogP contribution in [0, 0.1) is 25.6 Å². The number of nitrogens with zero attached hydrogens (tertiary/aromatic N) is 2. The number of nitrogens with one attached hydrogen (secondary N) is 2. The van der Waals surface area contributed by atoms with E-state index in [1.54, 1.807) is 26.0 Å². The van der Waals surface area contributed by atoms with Crippen LogP contribution in [0.2, 0.25) is 0 Å². The molecule has 2 aromatic rings. The molecule has 1 aromatic heterocycles. The molecule has 1 heterocycles. The van der Waals surface area contributed by atoms with E-state index in [1.807, 2.05) is 0 Å². The molecule has 1 aliphatic rings. The van der Waals surface area contributed by atoms with Crippen LogP contribution in [0.1, 0.15) is 41.0 Å². The maximum absolute atomic E-state index is 13.7. The van der Waals surface area contributed by atoms with Gasteiger partial charge in [-0.25, -0.2) is 9.37 Å².